The fourth-order valence-electron chi connectivity index (χ4n) is 0.829. The van der Waals surface area contributed by atoms with E-state index in [9.17, 15) is 0 Å². The summed E-state index contributed by atoms with van der Waals surface area (Å²) in [4.78, 5) is 4.20. The molecule has 0 rings (SSSR count). The summed E-state index contributed by atoms with van der Waals surface area (Å²) < 4.78 is 0. The van der Waals surface area contributed by atoms with Crippen molar-refractivity contribution in [1.82, 2.24) is 0 Å². The molecule has 0 aromatic rings. The van der Waals surface area contributed by atoms with E-state index in [1.807, 2.05) is 13.0 Å². The van der Waals surface area contributed by atoms with E-state index < -0.39 is 0 Å². The van der Waals surface area contributed by atoms with E-state index in [4.69, 9.17) is 11.5 Å². The minimum Gasteiger partial charge on any atom is -0.405 e. The molecule has 0 aliphatic heterocycles. The fraction of sp³-hybridized carbons (Fsp3) is 0.667. The Kier molecular flexibility index (Phi) is 3.31. The maximum absolute atomic E-state index is 5.35. The van der Waals surface area contributed by atoms with Crippen LogP contribution in [0, 0.1) is 5.41 Å². The molecule has 0 spiro atoms. The number of rotatable bonds is 2. The van der Waals surface area contributed by atoms with Crippen LogP contribution in [0.2, 0.25) is 0 Å². The van der Waals surface area contributed by atoms with Crippen molar-refractivity contribution in [3.8, 4) is 0 Å². The lowest BCUT2D eigenvalue weighted by molar-refractivity contribution is 0.265. The van der Waals surface area contributed by atoms with Crippen LogP contribution in [0.5, 0.6) is 0 Å². The van der Waals surface area contributed by atoms with E-state index in [0.717, 1.165) is 0 Å². The van der Waals surface area contributed by atoms with Crippen molar-refractivity contribution < 1.29 is 0 Å². The van der Waals surface area contributed by atoms with Gasteiger partial charge in [-0.05, 0) is 24.6 Å². The minimum absolute atomic E-state index is 0.0126. The minimum atomic E-state index is -0.323. The van der Waals surface area contributed by atoms with Crippen molar-refractivity contribution >= 4 is 6.34 Å². The molecular weight excluding hydrogens is 150 g/mol. The monoisotopic (exact) mass is 169 g/mol. The highest BCUT2D eigenvalue weighted by atomic mass is 14.9. The van der Waals surface area contributed by atoms with Crippen LogP contribution < -0.4 is 11.5 Å². The van der Waals surface area contributed by atoms with Crippen LogP contribution in [0.3, 0.4) is 0 Å². The second-order valence-electron chi connectivity index (χ2n) is 4.03. The highest BCUT2D eigenvalue weighted by molar-refractivity contribution is 5.53. The Morgan fingerprint density at radius 1 is 1.08 bits per heavy atom. The molecule has 0 aliphatic carbocycles. The summed E-state index contributed by atoms with van der Waals surface area (Å²) in [5.41, 5.74) is 10.3. The third kappa shape index (κ3) is 2.26. The predicted molar refractivity (Wildman–Crippen MR) is 53.9 cm³/mol. The van der Waals surface area contributed by atoms with Gasteiger partial charge >= 0.3 is 0 Å². The first-order valence-electron chi connectivity index (χ1n) is 4.02. The Balaban J connectivity index is 4.87. The van der Waals surface area contributed by atoms with Gasteiger partial charge in [0.1, 0.15) is 0 Å². The fourth-order valence-corrected chi connectivity index (χ4v) is 0.829. The summed E-state index contributed by atoms with van der Waals surface area (Å²) in [6.45, 7) is 8.29. The van der Waals surface area contributed by atoms with Gasteiger partial charge in [0.25, 0.3) is 0 Å². The van der Waals surface area contributed by atoms with Crippen molar-refractivity contribution in [2.75, 3.05) is 0 Å². The third-order valence-corrected chi connectivity index (χ3v) is 2.28. The van der Waals surface area contributed by atoms with Crippen molar-refractivity contribution in [3.63, 3.8) is 0 Å². The molecule has 4 N–H and O–H groups in total. The Labute approximate surface area is 74.5 Å². The normalized spacial score (nSPS) is 18.7. The molecule has 0 saturated carbocycles. The first-order chi connectivity index (χ1) is 5.37. The van der Waals surface area contributed by atoms with Crippen LogP contribution in [0.1, 0.15) is 27.7 Å². The van der Waals surface area contributed by atoms with Gasteiger partial charge in [0, 0.05) is 0 Å². The van der Waals surface area contributed by atoms with Gasteiger partial charge < -0.3 is 11.5 Å². The van der Waals surface area contributed by atoms with Gasteiger partial charge in [-0.3, -0.25) is 4.99 Å². The summed E-state index contributed by atoms with van der Waals surface area (Å²) in [6, 6.07) is 0. The molecule has 0 heterocycles. The van der Waals surface area contributed by atoms with E-state index in [-0.39, 0.29) is 11.0 Å². The first-order valence-corrected chi connectivity index (χ1v) is 4.02. The molecule has 12 heavy (non-hydrogen) atoms. The Hall–Kier alpha value is -0.990. The Morgan fingerprint density at radius 3 is 1.83 bits per heavy atom. The molecule has 3 nitrogen and oxygen atoms in total. The molecule has 0 amide bonds. The lowest BCUT2D eigenvalue weighted by atomic mass is 9.75. The number of hydrogen-bond donors (Lipinski definition) is 2. The zero-order valence-corrected chi connectivity index (χ0v) is 8.33. The van der Waals surface area contributed by atoms with Gasteiger partial charge in [-0.15, -0.1) is 0 Å². The highest BCUT2D eigenvalue weighted by Gasteiger charge is 2.34. The maximum atomic E-state index is 5.35. The average Bonchev–Trinajstić information content (AvgIpc) is 1.86. The lowest BCUT2D eigenvalue weighted by Gasteiger charge is -2.35. The van der Waals surface area contributed by atoms with Crippen LogP contribution in [-0.2, 0) is 0 Å². The van der Waals surface area contributed by atoms with Crippen molar-refractivity contribution in [3.05, 3.63) is 12.3 Å². The summed E-state index contributed by atoms with van der Waals surface area (Å²) in [7, 11) is 0. The lowest BCUT2D eigenvalue weighted by Crippen LogP contribution is -2.36. The quantitative estimate of drug-likeness (QED) is 0.482. The third-order valence-electron chi connectivity index (χ3n) is 2.28. The van der Waals surface area contributed by atoms with Crippen LogP contribution >= 0.6 is 0 Å². The van der Waals surface area contributed by atoms with Gasteiger partial charge in [-0.2, -0.15) is 0 Å². The van der Waals surface area contributed by atoms with Crippen molar-refractivity contribution in [2.24, 2.45) is 21.9 Å². The molecule has 0 bridgehead atoms. The van der Waals surface area contributed by atoms with Crippen LogP contribution in [-0.4, -0.2) is 11.9 Å². The molecular formula is C9H19N3. The second kappa shape index (κ2) is 3.61. The van der Waals surface area contributed by atoms with Gasteiger partial charge in [0.05, 0.1) is 11.9 Å². The molecule has 0 saturated heterocycles. The molecule has 0 aromatic carbocycles. The topological polar surface area (TPSA) is 64.4 Å². The smallest absolute Gasteiger partial charge is 0.0841 e. The molecule has 0 fully saturated rings. The summed E-state index contributed by atoms with van der Waals surface area (Å²) >= 11 is 0. The van der Waals surface area contributed by atoms with Crippen molar-refractivity contribution in [1.29, 1.82) is 0 Å². The van der Waals surface area contributed by atoms with Gasteiger partial charge in [-0.1, -0.05) is 20.8 Å². The molecule has 1 unspecified atom stereocenters. The molecule has 0 aliphatic rings. The van der Waals surface area contributed by atoms with E-state index >= 15 is 0 Å². The first kappa shape index (κ1) is 11.0. The summed E-state index contributed by atoms with van der Waals surface area (Å²) in [5, 5.41) is 0. The molecule has 3 heteroatoms. The summed E-state index contributed by atoms with van der Waals surface area (Å²) in [5.74, 6) is 0. The SMILES string of the molecule is CC(C)(C)C(C)(/C=C\N)N=CN. The zero-order chi connectivity index (χ0) is 9.83. The van der Waals surface area contributed by atoms with E-state index in [2.05, 4.69) is 25.8 Å². The Morgan fingerprint density at radius 2 is 1.58 bits per heavy atom. The van der Waals surface area contributed by atoms with E-state index in [1.54, 1.807) is 0 Å². The number of aliphatic imine (C=N–C) groups is 1. The number of nitrogens with two attached hydrogens (primary N) is 2. The van der Waals surface area contributed by atoms with Crippen LogP contribution in [0.15, 0.2) is 17.3 Å². The van der Waals surface area contributed by atoms with E-state index in [1.165, 1.54) is 12.5 Å². The maximum Gasteiger partial charge on any atom is 0.0841 e. The largest absolute Gasteiger partial charge is 0.405 e. The van der Waals surface area contributed by atoms with Crippen LogP contribution in [0.25, 0.3) is 0 Å². The van der Waals surface area contributed by atoms with E-state index in [0.29, 0.717) is 0 Å². The average molecular weight is 169 g/mol. The van der Waals surface area contributed by atoms with Gasteiger partial charge in [-0.25, -0.2) is 0 Å². The number of nitrogens with zero attached hydrogens (tertiary/aromatic N) is 1. The highest BCUT2D eigenvalue weighted by Crippen LogP contribution is 2.34. The zero-order valence-electron chi connectivity index (χ0n) is 8.33. The van der Waals surface area contributed by atoms with Gasteiger partial charge in [0.15, 0.2) is 0 Å². The second-order valence-corrected chi connectivity index (χ2v) is 4.03. The molecule has 70 valence electrons. The predicted octanol–water partition coefficient (Wildman–Crippen LogP) is 1.25. The summed E-state index contributed by atoms with van der Waals surface area (Å²) in [6.07, 6.45) is 4.69. The molecule has 0 aromatic heterocycles. The van der Waals surface area contributed by atoms with Crippen molar-refractivity contribution in [2.45, 2.75) is 33.2 Å². The molecule has 1 atom stereocenters. The standard InChI is InChI=1S/C9H19N3/c1-8(2,3)9(4,5-6-10)12-7-11/h5-7H,10H2,1-4H3,(H2,11,12)/b6-5-. The van der Waals surface area contributed by atoms with Crippen LogP contribution in [0.4, 0.5) is 0 Å². The van der Waals surface area contributed by atoms with Gasteiger partial charge in [0.2, 0.25) is 0 Å². The number of hydrogen-bond acceptors (Lipinski definition) is 2. The molecule has 0 radical (unpaired) electrons. The Bertz CT molecular complexity index is 174.